The molecule has 0 spiro atoms. The Kier molecular flexibility index (Phi) is 3.06. The number of fused-ring (bicyclic) bond motifs is 1. The molecule has 0 bridgehead atoms. The minimum atomic E-state index is -0.402. The molecule has 0 aliphatic carbocycles. The van der Waals surface area contributed by atoms with E-state index in [0.29, 0.717) is 11.6 Å². The van der Waals surface area contributed by atoms with E-state index in [4.69, 9.17) is 4.42 Å². The second-order valence-corrected chi connectivity index (χ2v) is 4.75. The van der Waals surface area contributed by atoms with Gasteiger partial charge in [0.1, 0.15) is 0 Å². The average molecular weight is 247 g/mol. The molecule has 0 amide bonds. The summed E-state index contributed by atoms with van der Waals surface area (Å²) in [6, 6.07) is 6.21. The molecule has 96 valence electrons. The molecule has 1 saturated heterocycles. The maximum Gasteiger partial charge on any atom is 0.417 e. The molecular formula is C13H17N3O2. The van der Waals surface area contributed by atoms with E-state index in [1.54, 1.807) is 0 Å². The molecule has 1 aliphatic heterocycles. The van der Waals surface area contributed by atoms with Crippen LogP contribution in [0.5, 0.6) is 0 Å². The molecule has 0 saturated carbocycles. The summed E-state index contributed by atoms with van der Waals surface area (Å²) in [5, 5.41) is 6.91. The molecule has 1 aliphatic rings. The Morgan fingerprint density at radius 1 is 1.28 bits per heavy atom. The number of H-pyrrole nitrogens is 1. The Morgan fingerprint density at radius 3 is 3.17 bits per heavy atom. The van der Waals surface area contributed by atoms with Crippen LogP contribution in [0.2, 0.25) is 0 Å². The lowest BCUT2D eigenvalue weighted by Gasteiger charge is -2.17. The highest BCUT2D eigenvalue weighted by atomic mass is 16.4. The zero-order chi connectivity index (χ0) is 12.4. The zero-order valence-electron chi connectivity index (χ0n) is 10.2. The van der Waals surface area contributed by atoms with Crippen molar-refractivity contribution in [3.05, 3.63) is 28.7 Å². The molecule has 18 heavy (non-hydrogen) atoms. The minimum absolute atomic E-state index is 0.402. The maximum atomic E-state index is 11.1. The summed E-state index contributed by atoms with van der Waals surface area (Å²) in [6.07, 6.45) is 3.50. The molecule has 5 heteroatoms. The predicted octanol–water partition coefficient (Wildman–Crippen LogP) is 1.68. The van der Waals surface area contributed by atoms with E-state index in [9.17, 15) is 4.79 Å². The van der Waals surface area contributed by atoms with Crippen LogP contribution < -0.4 is 16.4 Å². The lowest BCUT2D eigenvalue weighted by molar-refractivity contribution is 0.555. The molecule has 5 nitrogen and oxygen atoms in total. The van der Waals surface area contributed by atoms with Crippen molar-refractivity contribution in [1.29, 1.82) is 0 Å². The fourth-order valence-corrected chi connectivity index (χ4v) is 2.44. The van der Waals surface area contributed by atoms with Gasteiger partial charge in [0, 0.05) is 11.7 Å². The van der Waals surface area contributed by atoms with Gasteiger partial charge in [-0.3, -0.25) is 4.98 Å². The summed E-state index contributed by atoms with van der Waals surface area (Å²) in [4.78, 5) is 13.8. The number of anilines is 1. The number of rotatable bonds is 2. The van der Waals surface area contributed by atoms with Gasteiger partial charge in [-0.05, 0) is 50.6 Å². The summed E-state index contributed by atoms with van der Waals surface area (Å²) in [7, 11) is 0. The summed E-state index contributed by atoms with van der Waals surface area (Å²) < 4.78 is 4.98. The van der Waals surface area contributed by atoms with Crippen LogP contribution in [-0.2, 0) is 0 Å². The van der Waals surface area contributed by atoms with Crippen molar-refractivity contribution >= 4 is 16.8 Å². The van der Waals surface area contributed by atoms with E-state index >= 15 is 0 Å². The van der Waals surface area contributed by atoms with Crippen LogP contribution in [0.15, 0.2) is 27.4 Å². The van der Waals surface area contributed by atoms with Gasteiger partial charge in [-0.25, -0.2) is 4.79 Å². The van der Waals surface area contributed by atoms with E-state index < -0.39 is 5.76 Å². The van der Waals surface area contributed by atoms with Crippen LogP contribution in [0.25, 0.3) is 11.1 Å². The molecule has 2 heterocycles. The van der Waals surface area contributed by atoms with Crippen molar-refractivity contribution in [1.82, 2.24) is 10.3 Å². The molecular weight excluding hydrogens is 230 g/mol. The Hall–Kier alpha value is -1.75. The standard InChI is InChI=1S/C13H17N3O2/c17-13-16-11-8-10(3-4-12(11)18-13)15-9-2-1-6-14-7-5-9/h3-4,8-9,14-15H,1-2,5-7H2,(H,16,17). The normalized spacial score (nSPS) is 20.8. The van der Waals surface area contributed by atoms with Crippen LogP contribution in [0, 0.1) is 0 Å². The van der Waals surface area contributed by atoms with E-state index in [0.717, 1.165) is 30.7 Å². The highest BCUT2D eigenvalue weighted by Crippen LogP contribution is 2.19. The number of nitrogens with one attached hydrogen (secondary N) is 3. The molecule has 1 aromatic carbocycles. The van der Waals surface area contributed by atoms with Crippen LogP contribution in [0.1, 0.15) is 19.3 Å². The maximum absolute atomic E-state index is 11.1. The number of aromatic amines is 1. The lowest BCUT2D eigenvalue weighted by Crippen LogP contribution is -2.21. The zero-order valence-corrected chi connectivity index (χ0v) is 10.2. The van der Waals surface area contributed by atoms with Crippen molar-refractivity contribution in [3.8, 4) is 0 Å². The van der Waals surface area contributed by atoms with E-state index in [1.165, 1.54) is 12.8 Å². The molecule has 3 rings (SSSR count). The Labute approximate surface area is 105 Å². The van der Waals surface area contributed by atoms with Crippen LogP contribution in [0.4, 0.5) is 5.69 Å². The summed E-state index contributed by atoms with van der Waals surface area (Å²) in [5.41, 5.74) is 2.39. The van der Waals surface area contributed by atoms with Gasteiger partial charge in [0.25, 0.3) is 0 Å². The number of aromatic nitrogens is 1. The van der Waals surface area contributed by atoms with E-state index in [2.05, 4.69) is 15.6 Å². The van der Waals surface area contributed by atoms with Crippen LogP contribution >= 0.6 is 0 Å². The first kappa shape index (κ1) is 11.3. The number of benzene rings is 1. The number of hydrogen-bond acceptors (Lipinski definition) is 4. The fraction of sp³-hybridized carbons (Fsp3) is 0.462. The topological polar surface area (TPSA) is 70.1 Å². The average Bonchev–Trinajstić information content (AvgIpc) is 2.56. The molecule has 1 fully saturated rings. The first-order valence-corrected chi connectivity index (χ1v) is 6.41. The third-order valence-electron chi connectivity index (χ3n) is 3.37. The van der Waals surface area contributed by atoms with Gasteiger partial charge in [-0.2, -0.15) is 0 Å². The minimum Gasteiger partial charge on any atom is -0.408 e. The third-order valence-corrected chi connectivity index (χ3v) is 3.37. The van der Waals surface area contributed by atoms with E-state index in [-0.39, 0.29) is 0 Å². The Morgan fingerprint density at radius 2 is 2.22 bits per heavy atom. The molecule has 3 N–H and O–H groups in total. The lowest BCUT2D eigenvalue weighted by atomic mass is 10.1. The molecule has 1 aromatic heterocycles. The van der Waals surface area contributed by atoms with Crippen molar-refractivity contribution in [2.24, 2.45) is 0 Å². The largest absolute Gasteiger partial charge is 0.417 e. The summed E-state index contributed by atoms with van der Waals surface area (Å²) in [6.45, 7) is 2.16. The third kappa shape index (κ3) is 2.41. The smallest absolute Gasteiger partial charge is 0.408 e. The SMILES string of the molecule is O=c1[nH]c2cc(NC3CCCNCC3)ccc2o1. The van der Waals surface area contributed by atoms with Gasteiger partial charge in [0.15, 0.2) is 5.58 Å². The number of hydrogen-bond donors (Lipinski definition) is 3. The van der Waals surface area contributed by atoms with Crippen molar-refractivity contribution < 1.29 is 4.42 Å². The quantitative estimate of drug-likeness (QED) is 0.755. The van der Waals surface area contributed by atoms with Crippen molar-refractivity contribution in [2.75, 3.05) is 18.4 Å². The second-order valence-electron chi connectivity index (χ2n) is 4.75. The van der Waals surface area contributed by atoms with Crippen molar-refractivity contribution in [2.45, 2.75) is 25.3 Å². The molecule has 1 unspecified atom stereocenters. The van der Waals surface area contributed by atoms with Gasteiger partial charge in [0.2, 0.25) is 0 Å². The van der Waals surface area contributed by atoms with Gasteiger partial charge in [-0.1, -0.05) is 0 Å². The van der Waals surface area contributed by atoms with Crippen LogP contribution in [0.3, 0.4) is 0 Å². The summed E-state index contributed by atoms with van der Waals surface area (Å²) in [5.74, 6) is -0.402. The van der Waals surface area contributed by atoms with Gasteiger partial charge in [0.05, 0.1) is 5.52 Å². The van der Waals surface area contributed by atoms with E-state index in [1.807, 2.05) is 18.2 Å². The molecule has 1 atom stereocenters. The van der Waals surface area contributed by atoms with Gasteiger partial charge < -0.3 is 15.1 Å². The second kappa shape index (κ2) is 4.86. The first-order chi connectivity index (χ1) is 8.81. The monoisotopic (exact) mass is 247 g/mol. The number of oxazole rings is 1. The van der Waals surface area contributed by atoms with Crippen LogP contribution in [-0.4, -0.2) is 24.1 Å². The molecule has 2 aromatic rings. The Balaban J connectivity index is 1.78. The fourth-order valence-electron chi connectivity index (χ4n) is 2.44. The highest BCUT2D eigenvalue weighted by molar-refractivity contribution is 5.76. The van der Waals surface area contributed by atoms with Gasteiger partial charge >= 0.3 is 5.76 Å². The first-order valence-electron chi connectivity index (χ1n) is 6.41. The Bertz CT molecular complexity index is 579. The summed E-state index contributed by atoms with van der Waals surface area (Å²) >= 11 is 0. The highest BCUT2D eigenvalue weighted by Gasteiger charge is 2.12. The molecule has 0 radical (unpaired) electrons. The van der Waals surface area contributed by atoms with Crippen molar-refractivity contribution in [3.63, 3.8) is 0 Å². The van der Waals surface area contributed by atoms with Gasteiger partial charge in [-0.15, -0.1) is 0 Å². The predicted molar refractivity (Wildman–Crippen MR) is 71.0 cm³/mol.